The topological polar surface area (TPSA) is 12.0 Å². The van der Waals surface area contributed by atoms with Gasteiger partial charge < -0.3 is 5.32 Å². The van der Waals surface area contributed by atoms with Gasteiger partial charge in [0.05, 0.1) is 0 Å². The maximum atomic E-state index is 3.73. The molecule has 13 heavy (non-hydrogen) atoms. The highest BCUT2D eigenvalue weighted by molar-refractivity contribution is 8.00. The number of hydrogen-bond acceptors (Lipinski definition) is 3. The lowest BCUT2D eigenvalue weighted by molar-refractivity contribution is 0.479. The van der Waals surface area contributed by atoms with E-state index in [9.17, 15) is 0 Å². The van der Waals surface area contributed by atoms with E-state index in [0.29, 0.717) is 0 Å². The second kappa shape index (κ2) is 5.52. The first-order valence-electron chi connectivity index (χ1n) is 5.38. The highest BCUT2D eigenvalue weighted by Gasteiger charge is 2.18. The lowest BCUT2D eigenvalue weighted by Gasteiger charge is -2.24. The maximum absolute atomic E-state index is 3.73. The molecule has 0 aromatic carbocycles. The van der Waals surface area contributed by atoms with Crippen LogP contribution in [0.1, 0.15) is 25.7 Å². The molecule has 1 atom stereocenters. The van der Waals surface area contributed by atoms with Crippen LogP contribution in [-0.2, 0) is 0 Å². The van der Waals surface area contributed by atoms with Crippen LogP contribution in [0.2, 0.25) is 0 Å². The summed E-state index contributed by atoms with van der Waals surface area (Å²) in [6, 6.07) is 0.836. The number of thioether (sulfide) groups is 2. The predicted octanol–water partition coefficient (Wildman–Crippen LogP) is 2.37. The molecule has 0 saturated carbocycles. The molecule has 2 rings (SSSR count). The fraction of sp³-hybridized carbons (Fsp3) is 1.00. The standard InChI is InChI=1S/C10H19NS2/c1-2-10(13-5-1)8-11-9-3-6-12-7-4-9/h9-11H,1-8H2. The van der Waals surface area contributed by atoms with Crippen molar-refractivity contribution < 1.29 is 0 Å². The third-order valence-electron chi connectivity index (χ3n) is 2.88. The van der Waals surface area contributed by atoms with Gasteiger partial charge in [-0.3, -0.25) is 0 Å². The minimum absolute atomic E-state index is 0.836. The molecule has 2 aliphatic heterocycles. The van der Waals surface area contributed by atoms with Crippen molar-refractivity contribution in [1.82, 2.24) is 5.32 Å². The summed E-state index contributed by atoms with van der Waals surface area (Å²) in [5.41, 5.74) is 0. The largest absolute Gasteiger partial charge is 0.313 e. The van der Waals surface area contributed by atoms with E-state index in [1.165, 1.54) is 49.5 Å². The van der Waals surface area contributed by atoms with Gasteiger partial charge in [-0.2, -0.15) is 23.5 Å². The van der Waals surface area contributed by atoms with Gasteiger partial charge in [0.2, 0.25) is 0 Å². The average molecular weight is 217 g/mol. The van der Waals surface area contributed by atoms with E-state index < -0.39 is 0 Å². The van der Waals surface area contributed by atoms with Crippen molar-refractivity contribution in [2.75, 3.05) is 23.8 Å². The van der Waals surface area contributed by atoms with Crippen LogP contribution in [0.3, 0.4) is 0 Å². The van der Waals surface area contributed by atoms with Crippen molar-refractivity contribution in [2.45, 2.75) is 37.0 Å². The molecule has 1 N–H and O–H groups in total. The van der Waals surface area contributed by atoms with Gasteiger partial charge >= 0.3 is 0 Å². The minimum atomic E-state index is 0.836. The van der Waals surface area contributed by atoms with Crippen LogP contribution in [-0.4, -0.2) is 35.1 Å². The van der Waals surface area contributed by atoms with E-state index in [4.69, 9.17) is 0 Å². The summed E-state index contributed by atoms with van der Waals surface area (Å²) in [5.74, 6) is 4.14. The Hall–Kier alpha value is 0.660. The Morgan fingerprint density at radius 3 is 2.62 bits per heavy atom. The lowest BCUT2D eigenvalue weighted by Crippen LogP contribution is -2.36. The van der Waals surface area contributed by atoms with E-state index >= 15 is 0 Å². The lowest BCUT2D eigenvalue weighted by atomic mass is 10.1. The molecule has 2 fully saturated rings. The molecule has 3 heteroatoms. The molecular formula is C10H19NS2. The Labute approximate surface area is 89.8 Å². The van der Waals surface area contributed by atoms with Crippen LogP contribution in [0.5, 0.6) is 0 Å². The van der Waals surface area contributed by atoms with E-state index in [1.807, 2.05) is 0 Å². The van der Waals surface area contributed by atoms with E-state index in [0.717, 1.165) is 11.3 Å². The highest BCUT2D eigenvalue weighted by atomic mass is 32.2. The Morgan fingerprint density at radius 2 is 1.92 bits per heavy atom. The number of nitrogens with one attached hydrogen (secondary N) is 1. The Morgan fingerprint density at radius 1 is 1.08 bits per heavy atom. The molecule has 2 aliphatic rings. The molecular weight excluding hydrogens is 198 g/mol. The normalized spacial score (nSPS) is 30.9. The molecule has 1 unspecified atom stereocenters. The first kappa shape index (κ1) is 10.2. The van der Waals surface area contributed by atoms with E-state index in [1.54, 1.807) is 0 Å². The van der Waals surface area contributed by atoms with Gasteiger partial charge in [-0.05, 0) is 42.9 Å². The van der Waals surface area contributed by atoms with Crippen LogP contribution in [0, 0.1) is 0 Å². The highest BCUT2D eigenvalue weighted by Crippen LogP contribution is 2.26. The summed E-state index contributed by atoms with van der Waals surface area (Å²) < 4.78 is 0. The van der Waals surface area contributed by atoms with Gasteiger partial charge in [-0.1, -0.05) is 0 Å². The zero-order valence-corrected chi connectivity index (χ0v) is 9.76. The van der Waals surface area contributed by atoms with Gasteiger partial charge in [0.1, 0.15) is 0 Å². The predicted molar refractivity (Wildman–Crippen MR) is 63.8 cm³/mol. The Balaban J connectivity index is 1.60. The van der Waals surface area contributed by atoms with Crippen LogP contribution in [0.4, 0.5) is 0 Å². The molecule has 0 aliphatic carbocycles. The van der Waals surface area contributed by atoms with Crippen molar-refractivity contribution in [1.29, 1.82) is 0 Å². The Bertz CT molecular complexity index is 140. The average Bonchev–Trinajstić information content (AvgIpc) is 2.69. The molecule has 76 valence electrons. The first-order valence-corrected chi connectivity index (χ1v) is 7.58. The van der Waals surface area contributed by atoms with E-state index in [-0.39, 0.29) is 0 Å². The SMILES string of the molecule is C1CSC(CNC2CCSCC2)C1. The Kier molecular flexibility index (Phi) is 4.32. The molecule has 1 nitrogen and oxygen atoms in total. The molecule has 0 aromatic heterocycles. The second-order valence-electron chi connectivity index (χ2n) is 3.93. The third kappa shape index (κ3) is 3.37. The molecule has 0 radical (unpaired) electrons. The molecule has 0 amide bonds. The van der Waals surface area contributed by atoms with Crippen LogP contribution in [0.25, 0.3) is 0 Å². The first-order chi connectivity index (χ1) is 6.45. The van der Waals surface area contributed by atoms with Crippen molar-refractivity contribution in [3.8, 4) is 0 Å². The van der Waals surface area contributed by atoms with Gasteiger partial charge in [0.25, 0.3) is 0 Å². The smallest absolute Gasteiger partial charge is 0.0172 e. The molecule has 0 bridgehead atoms. The zero-order valence-electron chi connectivity index (χ0n) is 8.13. The number of rotatable bonds is 3. The third-order valence-corrected chi connectivity index (χ3v) is 5.33. The fourth-order valence-electron chi connectivity index (χ4n) is 2.01. The molecule has 2 saturated heterocycles. The quantitative estimate of drug-likeness (QED) is 0.779. The summed E-state index contributed by atoms with van der Waals surface area (Å²) >= 11 is 4.27. The second-order valence-corrected chi connectivity index (χ2v) is 6.56. The van der Waals surface area contributed by atoms with Crippen molar-refractivity contribution in [3.05, 3.63) is 0 Å². The summed E-state index contributed by atoms with van der Waals surface area (Å²) in [5, 5.41) is 4.65. The van der Waals surface area contributed by atoms with E-state index in [2.05, 4.69) is 28.8 Å². The molecule has 0 spiro atoms. The minimum Gasteiger partial charge on any atom is -0.313 e. The maximum Gasteiger partial charge on any atom is 0.0172 e. The fourth-order valence-corrected chi connectivity index (χ4v) is 4.33. The van der Waals surface area contributed by atoms with Gasteiger partial charge in [-0.25, -0.2) is 0 Å². The summed E-state index contributed by atoms with van der Waals surface area (Å²) in [6.45, 7) is 1.26. The molecule has 2 heterocycles. The van der Waals surface area contributed by atoms with Gasteiger partial charge in [0.15, 0.2) is 0 Å². The van der Waals surface area contributed by atoms with Gasteiger partial charge in [0, 0.05) is 17.8 Å². The van der Waals surface area contributed by atoms with Crippen LogP contribution in [0.15, 0.2) is 0 Å². The zero-order chi connectivity index (χ0) is 8.93. The summed E-state index contributed by atoms with van der Waals surface area (Å²) in [6.07, 6.45) is 5.67. The van der Waals surface area contributed by atoms with Gasteiger partial charge in [-0.15, -0.1) is 0 Å². The summed E-state index contributed by atoms with van der Waals surface area (Å²) in [7, 11) is 0. The number of hydrogen-bond donors (Lipinski definition) is 1. The van der Waals surface area contributed by atoms with Crippen molar-refractivity contribution >= 4 is 23.5 Å². The van der Waals surface area contributed by atoms with Crippen molar-refractivity contribution in [3.63, 3.8) is 0 Å². The van der Waals surface area contributed by atoms with Crippen LogP contribution < -0.4 is 5.32 Å². The summed E-state index contributed by atoms with van der Waals surface area (Å²) in [4.78, 5) is 0. The molecule has 0 aromatic rings. The van der Waals surface area contributed by atoms with Crippen molar-refractivity contribution in [2.24, 2.45) is 0 Å². The van der Waals surface area contributed by atoms with Crippen LogP contribution >= 0.6 is 23.5 Å². The monoisotopic (exact) mass is 217 g/mol.